The van der Waals surface area contributed by atoms with Crippen LogP contribution in [0.3, 0.4) is 0 Å². The summed E-state index contributed by atoms with van der Waals surface area (Å²) in [6.45, 7) is -0.0296. The lowest BCUT2D eigenvalue weighted by Crippen LogP contribution is -2.72. The predicted octanol–water partition coefficient (Wildman–Crippen LogP) is -2.75. The Kier molecular flexibility index (Phi) is 5.81. The molecule has 2 unspecified atom stereocenters. The number of aliphatic carboxylic acids is 1. The van der Waals surface area contributed by atoms with Crippen molar-refractivity contribution in [2.75, 3.05) is 25.1 Å². The number of hydrogen-bond donors (Lipinski definition) is 3. The molecule has 4 aliphatic rings. The maximum absolute atomic E-state index is 13.0. The van der Waals surface area contributed by atoms with Gasteiger partial charge in [0.05, 0.1) is 11.7 Å². The van der Waals surface area contributed by atoms with Crippen LogP contribution >= 0.6 is 23.1 Å². The number of thioether (sulfide) groups is 1. The van der Waals surface area contributed by atoms with E-state index in [0.717, 1.165) is 16.2 Å². The Balaban J connectivity index is 1.37. The number of nitrogen functional groups attached to an aromatic ring is 1. The second kappa shape index (κ2) is 8.85. The lowest BCUT2D eigenvalue weighted by Gasteiger charge is -2.51. The fourth-order valence-electron chi connectivity index (χ4n) is 4.11. The van der Waals surface area contributed by atoms with Gasteiger partial charge < -0.3 is 25.8 Å². The zero-order chi connectivity index (χ0) is 25.6. The number of carbonyl (C=O) groups excluding carboxylic acids is 4. The minimum atomic E-state index is -1.56. The molecular formula is C19H17N9O6S2. The van der Waals surface area contributed by atoms with Crippen molar-refractivity contribution in [1.82, 2.24) is 20.6 Å². The molecule has 0 bridgehead atoms. The van der Waals surface area contributed by atoms with Gasteiger partial charge in [0.25, 0.3) is 23.6 Å². The first kappa shape index (κ1) is 23.6. The molecule has 0 spiro atoms. The van der Waals surface area contributed by atoms with E-state index in [-0.39, 0.29) is 39.1 Å². The van der Waals surface area contributed by atoms with Crippen LogP contribution in [-0.4, -0.2) is 86.9 Å². The van der Waals surface area contributed by atoms with Gasteiger partial charge in [0.1, 0.15) is 30.8 Å². The van der Waals surface area contributed by atoms with Gasteiger partial charge in [-0.2, -0.15) is 5.43 Å². The highest BCUT2D eigenvalue weighted by Crippen LogP contribution is 2.41. The number of rotatable bonds is 7. The molecular weight excluding hydrogens is 514 g/mol. The van der Waals surface area contributed by atoms with E-state index in [1.807, 2.05) is 0 Å². The zero-order valence-corrected chi connectivity index (χ0v) is 20.0. The van der Waals surface area contributed by atoms with Gasteiger partial charge in [0.2, 0.25) is 6.34 Å². The van der Waals surface area contributed by atoms with E-state index in [2.05, 4.69) is 31.1 Å². The number of β-lactam (4-membered cyclic amide) rings is 1. The molecule has 0 saturated carbocycles. The number of carbonyl (C=O) groups is 4. The van der Waals surface area contributed by atoms with E-state index in [4.69, 9.17) is 10.6 Å². The van der Waals surface area contributed by atoms with Crippen molar-refractivity contribution in [3.8, 4) is 0 Å². The number of quaternary nitrogens is 1. The van der Waals surface area contributed by atoms with Crippen LogP contribution in [0.4, 0.5) is 5.13 Å². The number of thiazole rings is 1. The summed E-state index contributed by atoms with van der Waals surface area (Å²) in [6, 6.07) is -1.02. The highest BCUT2D eigenvalue weighted by atomic mass is 32.2. The summed E-state index contributed by atoms with van der Waals surface area (Å²) in [5, 5.41) is 27.2. The second-order valence-electron chi connectivity index (χ2n) is 7.82. The number of amides is 3. The summed E-state index contributed by atoms with van der Waals surface area (Å²) < 4.78 is -0.317. The fourth-order valence-corrected chi connectivity index (χ4v) is 5.99. The SMILES string of the molecule is CO/N=C(\C(=O)N[C@@H]1C(=O)N2C(C(=O)[O-])=C(C[N+]34C=NN=C3C=CC(=O)N4)CSC12)c1csc(N)n1. The van der Waals surface area contributed by atoms with Crippen molar-refractivity contribution < 1.29 is 33.7 Å². The number of anilines is 1. The van der Waals surface area contributed by atoms with Crippen LogP contribution in [-0.2, 0) is 24.0 Å². The molecule has 4 aliphatic heterocycles. The summed E-state index contributed by atoms with van der Waals surface area (Å²) in [4.78, 5) is 59.8. The van der Waals surface area contributed by atoms with Crippen LogP contribution in [0.15, 0.2) is 44.2 Å². The third kappa shape index (κ3) is 3.82. The normalized spacial score (nSPS) is 26.6. The first-order chi connectivity index (χ1) is 17.2. The Morgan fingerprint density at radius 2 is 2.22 bits per heavy atom. The summed E-state index contributed by atoms with van der Waals surface area (Å²) in [5.41, 5.74) is 8.35. The lowest BCUT2D eigenvalue weighted by atomic mass is 10.0. The molecule has 17 heteroatoms. The molecule has 15 nitrogen and oxygen atoms in total. The molecule has 1 fully saturated rings. The van der Waals surface area contributed by atoms with Gasteiger partial charge in [-0.15, -0.1) is 27.7 Å². The molecule has 1 aromatic heterocycles. The van der Waals surface area contributed by atoms with E-state index in [9.17, 15) is 24.3 Å². The smallest absolute Gasteiger partial charge is 0.289 e. The molecule has 186 valence electrons. The minimum absolute atomic E-state index is 0.0296. The van der Waals surface area contributed by atoms with E-state index >= 15 is 0 Å². The quantitative estimate of drug-likeness (QED) is 0.144. The van der Waals surface area contributed by atoms with Crippen molar-refractivity contribution in [2.24, 2.45) is 15.4 Å². The van der Waals surface area contributed by atoms with Crippen molar-refractivity contribution >= 4 is 69.8 Å². The van der Waals surface area contributed by atoms with Gasteiger partial charge in [-0.3, -0.25) is 19.3 Å². The summed E-state index contributed by atoms with van der Waals surface area (Å²) >= 11 is 2.35. The van der Waals surface area contributed by atoms with Crippen molar-refractivity contribution in [2.45, 2.75) is 11.4 Å². The third-order valence-corrected chi connectivity index (χ3v) is 7.65. The average Bonchev–Trinajstić information content (AvgIpc) is 3.45. The van der Waals surface area contributed by atoms with Crippen LogP contribution in [0.5, 0.6) is 0 Å². The number of fused-ring (bicyclic) bond motifs is 2. The minimum Gasteiger partial charge on any atom is -0.543 e. The van der Waals surface area contributed by atoms with Gasteiger partial charge in [-0.1, -0.05) is 15.4 Å². The Bertz CT molecular complexity index is 1350. The van der Waals surface area contributed by atoms with E-state index in [0.29, 0.717) is 11.4 Å². The Morgan fingerprint density at radius 3 is 2.92 bits per heavy atom. The van der Waals surface area contributed by atoms with Gasteiger partial charge in [0, 0.05) is 28.9 Å². The monoisotopic (exact) mass is 531 g/mol. The third-order valence-electron chi connectivity index (χ3n) is 5.64. The number of carboxylic acids is 1. The molecule has 1 saturated heterocycles. The van der Waals surface area contributed by atoms with Crippen molar-refractivity contribution in [3.63, 3.8) is 0 Å². The van der Waals surface area contributed by atoms with Crippen molar-refractivity contribution in [1.29, 1.82) is 0 Å². The topological polar surface area (TPSA) is 204 Å². The number of nitrogens with zero attached hydrogens (tertiary/aromatic N) is 6. The summed E-state index contributed by atoms with van der Waals surface area (Å²) in [5.74, 6) is -2.76. The molecule has 5 heterocycles. The summed E-state index contributed by atoms with van der Waals surface area (Å²) in [7, 11) is 1.25. The van der Waals surface area contributed by atoms with Crippen LogP contribution in [0.1, 0.15) is 5.69 Å². The number of nitrogens with one attached hydrogen (secondary N) is 2. The van der Waals surface area contributed by atoms with Crippen LogP contribution in [0, 0.1) is 0 Å². The number of hydrogen-bond acceptors (Lipinski definition) is 13. The molecule has 5 rings (SSSR count). The Morgan fingerprint density at radius 1 is 1.42 bits per heavy atom. The van der Waals surface area contributed by atoms with Gasteiger partial charge >= 0.3 is 0 Å². The van der Waals surface area contributed by atoms with Gasteiger partial charge in [-0.25, -0.2) is 4.98 Å². The lowest BCUT2D eigenvalue weighted by molar-refractivity contribution is -0.772. The number of aromatic nitrogens is 1. The first-order valence-electron chi connectivity index (χ1n) is 10.3. The maximum atomic E-state index is 13.0. The van der Waals surface area contributed by atoms with Crippen LogP contribution in [0.25, 0.3) is 0 Å². The van der Waals surface area contributed by atoms with Gasteiger partial charge in [-0.05, 0) is 0 Å². The maximum Gasteiger partial charge on any atom is 0.289 e. The molecule has 0 radical (unpaired) electrons. The van der Waals surface area contributed by atoms with Crippen molar-refractivity contribution in [3.05, 3.63) is 34.5 Å². The van der Waals surface area contributed by atoms with Crippen LogP contribution in [0.2, 0.25) is 0 Å². The molecule has 4 N–H and O–H groups in total. The Labute approximate surface area is 210 Å². The van der Waals surface area contributed by atoms with Gasteiger partial charge in [0.15, 0.2) is 10.8 Å². The molecule has 36 heavy (non-hydrogen) atoms. The summed E-state index contributed by atoms with van der Waals surface area (Å²) in [6.07, 6.45) is 4.15. The van der Waals surface area contributed by atoms with E-state index < -0.39 is 35.1 Å². The van der Waals surface area contributed by atoms with E-state index in [1.54, 1.807) is 0 Å². The zero-order valence-electron chi connectivity index (χ0n) is 18.4. The highest BCUT2D eigenvalue weighted by Gasteiger charge is 2.54. The number of carboxylic acid groups (broad SMARTS) is 1. The fraction of sp³-hybridized carbons (Fsp3) is 0.263. The van der Waals surface area contributed by atoms with E-state index in [1.165, 1.54) is 42.7 Å². The largest absolute Gasteiger partial charge is 0.543 e. The first-order valence-corrected chi connectivity index (χ1v) is 12.2. The number of oxime groups is 1. The Hall–Kier alpha value is -4.09. The molecule has 1 aromatic rings. The number of amidine groups is 1. The second-order valence-corrected chi connectivity index (χ2v) is 9.81. The predicted molar refractivity (Wildman–Crippen MR) is 125 cm³/mol. The standard InChI is InChI=1S/C19H17N9O6S2/c1-34-26-12(9-6-36-19(20)22-9)15(30)23-13-16(31)27-14(18(32)33)8(5-35-17(13)27)4-28-7-21-24-10(28)2-3-11(29)25-28/h2-3,6-7,13,17H,4-5H2,1H3,(H4-,20,22,23,25,29,30,32,33)/b26-12-/t13-,17?,28?/m1/s1. The molecule has 0 aliphatic carbocycles. The molecule has 0 aromatic carbocycles. The van der Waals surface area contributed by atoms with Crippen LogP contribution < -0.4 is 21.6 Å². The molecule has 3 atom stereocenters. The highest BCUT2D eigenvalue weighted by molar-refractivity contribution is 8.00. The molecule has 3 amide bonds. The average molecular weight is 532 g/mol. The number of nitrogens with two attached hydrogens (primary N) is 1.